The second-order valence-corrected chi connectivity index (χ2v) is 7.74. The molecule has 0 bridgehead atoms. The summed E-state index contributed by atoms with van der Waals surface area (Å²) in [6.07, 6.45) is 1.73. The van der Waals surface area contributed by atoms with Crippen LogP contribution in [0.2, 0.25) is 5.02 Å². The molecule has 1 saturated heterocycles. The number of carboxylic acid groups (broad SMARTS) is 1. The Bertz CT molecular complexity index is 664. The van der Waals surface area contributed by atoms with Gasteiger partial charge < -0.3 is 10.4 Å². The normalized spacial score (nSPS) is 17.1. The molecule has 1 aliphatic heterocycles. The highest BCUT2D eigenvalue weighted by atomic mass is 35.5. The Morgan fingerprint density at radius 1 is 1.33 bits per heavy atom. The fourth-order valence-electron chi connectivity index (χ4n) is 3.78. The van der Waals surface area contributed by atoms with E-state index in [0.717, 1.165) is 43.6 Å². The molecule has 0 spiro atoms. The van der Waals surface area contributed by atoms with Crippen molar-refractivity contribution in [2.75, 3.05) is 31.5 Å². The summed E-state index contributed by atoms with van der Waals surface area (Å²) in [6.45, 7) is 10.1. The van der Waals surface area contributed by atoms with Crippen molar-refractivity contribution in [1.29, 1.82) is 0 Å². The number of carbonyl (C=O) groups excluding carboxylic acids is 1. The van der Waals surface area contributed by atoms with Crippen molar-refractivity contribution in [2.45, 2.75) is 52.6 Å². The molecule has 1 atom stereocenters. The van der Waals surface area contributed by atoms with Gasteiger partial charge in [-0.15, -0.1) is 0 Å². The van der Waals surface area contributed by atoms with Gasteiger partial charge in [-0.3, -0.25) is 19.4 Å². The average molecular weight is 396 g/mol. The van der Waals surface area contributed by atoms with E-state index in [1.165, 1.54) is 0 Å². The van der Waals surface area contributed by atoms with Gasteiger partial charge in [-0.05, 0) is 57.4 Å². The number of aliphatic carboxylic acids is 1. The highest BCUT2D eigenvalue weighted by molar-refractivity contribution is 6.34. The molecule has 2 N–H and O–H groups in total. The minimum Gasteiger partial charge on any atom is -0.480 e. The molecule has 27 heavy (non-hydrogen) atoms. The fourth-order valence-corrected chi connectivity index (χ4v) is 4.15. The van der Waals surface area contributed by atoms with Crippen molar-refractivity contribution in [3.63, 3.8) is 0 Å². The Hall–Kier alpha value is -1.63. The van der Waals surface area contributed by atoms with E-state index in [4.69, 9.17) is 16.7 Å². The minimum atomic E-state index is -0.794. The van der Waals surface area contributed by atoms with E-state index in [9.17, 15) is 9.59 Å². The van der Waals surface area contributed by atoms with Crippen LogP contribution in [-0.4, -0.2) is 65.0 Å². The fraction of sp³-hybridized carbons (Fsp3) is 0.600. The number of anilines is 1. The number of hydrogen-bond acceptors (Lipinski definition) is 4. The third-order valence-electron chi connectivity index (χ3n) is 5.37. The molecule has 1 unspecified atom stereocenters. The van der Waals surface area contributed by atoms with Crippen LogP contribution in [0.1, 0.15) is 37.8 Å². The summed E-state index contributed by atoms with van der Waals surface area (Å²) in [6, 6.07) is 3.84. The van der Waals surface area contributed by atoms with Crippen LogP contribution in [-0.2, 0) is 9.59 Å². The van der Waals surface area contributed by atoms with Gasteiger partial charge in [0, 0.05) is 19.1 Å². The Labute approximate surface area is 166 Å². The van der Waals surface area contributed by atoms with E-state index in [-0.39, 0.29) is 24.5 Å². The van der Waals surface area contributed by atoms with E-state index in [1.54, 1.807) is 0 Å². The SMILES string of the molecule is CCN(CC(=O)O)C1CCN(C(C)C(=O)Nc2c(C)cc(C)cc2Cl)CC1. The number of likely N-dealkylation sites (tertiary alicyclic amines) is 1. The van der Waals surface area contributed by atoms with Crippen LogP contribution >= 0.6 is 11.6 Å². The Morgan fingerprint density at radius 2 is 1.96 bits per heavy atom. The molecule has 0 aliphatic carbocycles. The first-order chi connectivity index (χ1) is 12.7. The molecule has 1 amide bonds. The van der Waals surface area contributed by atoms with Crippen LogP contribution < -0.4 is 5.32 Å². The second kappa shape index (κ2) is 9.53. The Kier molecular flexibility index (Phi) is 7.65. The summed E-state index contributed by atoms with van der Waals surface area (Å²) in [5.74, 6) is -0.863. The number of amides is 1. The van der Waals surface area contributed by atoms with Crippen LogP contribution in [0.25, 0.3) is 0 Å². The summed E-state index contributed by atoms with van der Waals surface area (Å²) in [5, 5.41) is 12.6. The number of benzene rings is 1. The van der Waals surface area contributed by atoms with Gasteiger partial charge in [0.25, 0.3) is 0 Å². The van der Waals surface area contributed by atoms with E-state index >= 15 is 0 Å². The Balaban J connectivity index is 1.94. The van der Waals surface area contributed by atoms with Crippen LogP contribution in [0.4, 0.5) is 5.69 Å². The van der Waals surface area contributed by atoms with Gasteiger partial charge in [-0.25, -0.2) is 0 Å². The van der Waals surface area contributed by atoms with E-state index in [2.05, 4.69) is 10.2 Å². The van der Waals surface area contributed by atoms with Gasteiger partial charge in [0.2, 0.25) is 5.91 Å². The van der Waals surface area contributed by atoms with Crippen molar-refractivity contribution in [2.24, 2.45) is 0 Å². The lowest BCUT2D eigenvalue weighted by Gasteiger charge is -2.39. The molecule has 1 fully saturated rings. The van der Waals surface area contributed by atoms with Gasteiger partial charge in [0.05, 0.1) is 23.3 Å². The van der Waals surface area contributed by atoms with Gasteiger partial charge in [0.15, 0.2) is 0 Å². The zero-order valence-electron chi connectivity index (χ0n) is 16.6. The number of piperidine rings is 1. The zero-order valence-corrected chi connectivity index (χ0v) is 17.3. The summed E-state index contributed by atoms with van der Waals surface area (Å²) in [7, 11) is 0. The summed E-state index contributed by atoms with van der Waals surface area (Å²) in [5.41, 5.74) is 2.69. The van der Waals surface area contributed by atoms with Crippen molar-refractivity contribution < 1.29 is 14.7 Å². The average Bonchev–Trinajstić information content (AvgIpc) is 2.61. The van der Waals surface area contributed by atoms with Crippen molar-refractivity contribution >= 4 is 29.2 Å². The number of carboxylic acids is 1. The van der Waals surface area contributed by atoms with E-state index in [1.807, 2.05) is 44.7 Å². The van der Waals surface area contributed by atoms with Crippen LogP contribution in [0, 0.1) is 13.8 Å². The maximum absolute atomic E-state index is 12.7. The van der Waals surface area contributed by atoms with Crippen molar-refractivity contribution in [1.82, 2.24) is 9.80 Å². The molecule has 0 saturated carbocycles. The van der Waals surface area contributed by atoms with E-state index < -0.39 is 5.97 Å². The van der Waals surface area contributed by atoms with E-state index in [0.29, 0.717) is 10.7 Å². The topological polar surface area (TPSA) is 72.9 Å². The number of nitrogens with zero attached hydrogens (tertiary/aromatic N) is 2. The highest BCUT2D eigenvalue weighted by Gasteiger charge is 2.30. The molecule has 2 rings (SSSR count). The molecular weight excluding hydrogens is 366 g/mol. The lowest BCUT2D eigenvalue weighted by Crippen LogP contribution is -2.51. The van der Waals surface area contributed by atoms with Crippen LogP contribution in [0.5, 0.6) is 0 Å². The van der Waals surface area contributed by atoms with Crippen molar-refractivity contribution in [3.05, 3.63) is 28.3 Å². The quantitative estimate of drug-likeness (QED) is 0.741. The first-order valence-corrected chi connectivity index (χ1v) is 9.88. The third-order valence-corrected chi connectivity index (χ3v) is 5.67. The lowest BCUT2D eigenvalue weighted by molar-refractivity contribution is -0.139. The predicted octanol–water partition coefficient (Wildman–Crippen LogP) is 3.15. The number of rotatable bonds is 7. The standard InChI is InChI=1S/C20H30ClN3O3/c1-5-23(12-18(25)26)16-6-8-24(9-7-16)15(4)20(27)22-19-14(3)10-13(2)11-17(19)21/h10-11,15-16H,5-9,12H2,1-4H3,(H,22,27)(H,25,26). The molecule has 7 heteroatoms. The molecule has 1 aromatic rings. The smallest absolute Gasteiger partial charge is 0.317 e. The molecule has 6 nitrogen and oxygen atoms in total. The maximum Gasteiger partial charge on any atom is 0.317 e. The van der Waals surface area contributed by atoms with Gasteiger partial charge in [0.1, 0.15) is 0 Å². The number of hydrogen-bond donors (Lipinski definition) is 2. The second-order valence-electron chi connectivity index (χ2n) is 7.33. The molecule has 1 heterocycles. The monoisotopic (exact) mass is 395 g/mol. The highest BCUT2D eigenvalue weighted by Crippen LogP contribution is 2.28. The molecule has 1 aromatic carbocycles. The summed E-state index contributed by atoms with van der Waals surface area (Å²) in [4.78, 5) is 27.9. The molecule has 1 aliphatic rings. The number of likely N-dealkylation sites (N-methyl/N-ethyl adjacent to an activating group) is 1. The summed E-state index contributed by atoms with van der Waals surface area (Å²) < 4.78 is 0. The lowest BCUT2D eigenvalue weighted by atomic mass is 10.0. The first-order valence-electron chi connectivity index (χ1n) is 9.50. The Morgan fingerprint density at radius 3 is 2.48 bits per heavy atom. The van der Waals surface area contributed by atoms with Crippen LogP contribution in [0.3, 0.4) is 0 Å². The predicted molar refractivity (Wildman–Crippen MR) is 108 cm³/mol. The largest absolute Gasteiger partial charge is 0.480 e. The van der Waals surface area contributed by atoms with Gasteiger partial charge in [-0.1, -0.05) is 24.6 Å². The summed E-state index contributed by atoms with van der Waals surface area (Å²) >= 11 is 6.30. The molecule has 0 aromatic heterocycles. The zero-order chi connectivity index (χ0) is 20.1. The molecular formula is C20H30ClN3O3. The van der Waals surface area contributed by atoms with Gasteiger partial charge in [-0.2, -0.15) is 0 Å². The number of carbonyl (C=O) groups is 2. The minimum absolute atomic E-state index is 0.0693. The van der Waals surface area contributed by atoms with Gasteiger partial charge >= 0.3 is 5.97 Å². The number of halogens is 1. The number of nitrogens with one attached hydrogen (secondary N) is 1. The maximum atomic E-state index is 12.7. The third kappa shape index (κ3) is 5.67. The van der Waals surface area contributed by atoms with Crippen molar-refractivity contribution in [3.8, 4) is 0 Å². The number of aryl methyl sites for hydroxylation is 2. The first kappa shape index (κ1) is 21.7. The molecule has 0 radical (unpaired) electrons. The molecule has 150 valence electrons. The van der Waals surface area contributed by atoms with Crippen LogP contribution in [0.15, 0.2) is 12.1 Å².